The van der Waals surface area contributed by atoms with E-state index in [1.807, 2.05) is 42.5 Å². The maximum Gasteiger partial charge on any atom is 0.340 e. The van der Waals surface area contributed by atoms with Gasteiger partial charge in [0.2, 0.25) is 5.91 Å². The van der Waals surface area contributed by atoms with Crippen LogP contribution in [0.1, 0.15) is 56.2 Å². The highest BCUT2D eigenvalue weighted by Gasteiger charge is 2.23. The van der Waals surface area contributed by atoms with E-state index in [-0.39, 0.29) is 29.7 Å². The number of benzene rings is 3. The van der Waals surface area contributed by atoms with Crippen molar-refractivity contribution in [2.24, 2.45) is 0 Å². The number of methoxy groups -OCH3 is 1. The summed E-state index contributed by atoms with van der Waals surface area (Å²) >= 11 is 6.32. The number of ether oxygens (including phenoxy) is 1. The van der Waals surface area contributed by atoms with E-state index < -0.39 is 5.63 Å². The smallest absolute Gasteiger partial charge is 0.340 e. The monoisotopic (exact) mass is 503 g/mol. The van der Waals surface area contributed by atoms with Crippen LogP contribution in [0.25, 0.3) is 22.1 Å². The average Bonchev–Trinajstić information content (AvgIpc) is 2.84. The minimum atomic E-state index is -0.567. The van der Waals surface area contributed by atoms with E-state index in [2.05, 4.69) is 33.0 Å². The zero-order chi connectivity index (χ0) is 26.0. The molecular weight excluding hydrogens is 474 g/mol. The van der Waals surface area contributed by atoms with Crippen LogP contribution in [0.3, 0.4) is 0 Å². The van der Waals surface area contributed by atoms with Crippen molar-refractivity contribution in [3.8, 4) is 16.9 Å². The molecule has 1 N–H and O–H groups in total. The molecule has 0 aliphatic rings. The van der Waals surface area contributed by atoms with Crippen LogP contribution in [0.2, 0.25) is 5.02 Å². The molecule has 1 aromatic heterocycles. The molecule has 0 bridgehead atoms. The molecule has 36 heavy (non-hydrogen) atoms. The van der Waals surface area contributed by atoms with Gasteiger partial charge in [-0.3, -0.25) is 4.79 Å². The van der Waals surface area contributed by atoms with Crippen LogP contribution in [0, 0.1) is 0 Å². The van der Waals surface area contributed by atoms with Crippen LogP contribution in [0.4, 0.5) is 5.69 Å². The molecule has 0 saturated heterocycles. The Morgan fingerprint density at radius 1 is 0.972 bits per heavy atom. The van der Waals surface area contributed by atoms with E-state index in [0.717, 1.165) is 16.8 Å². The molecule has 4 aromatic rings. The molecule has 4 rings (SSSR count). The predicted molar refractivity (Wildman–Crippen MR) is 146 cm³/mol. The van der Waals surface area contributed by atoms with Crippen LogP contribution in [-0.4, -0.2) is 13.0 Å². The number of anilines is 1. The van der Waals surface area contributed by atoms with E-state index in [9.17, 15) is 9.59 Å². The summed E-state index contributed by atoms with van der Waals surface area (Å²) in [6, 6.07) is 18.5. The molecule has 0 fully saturated rings. The standard InChI is InChI=1S/C30H30ClNO4/c1-17(2)20-10-8-11-21(18(3)4)29(20)32-27(33)16-24-28(22-9-6-7-12-25(22)35-5)23-15-19(31)13-14-26(23)36-30(24)34/h6-15,17-18H,16H2,1-5H3,(H,32,33). The fraction of sp³-hybridized carbons (Fsp3) is 0.267. The van der Waals surface area contributed by atoms with Gasteiger partial charge in [0, 0.05) is 27.2 Å². The highest BCUT2D eigenvalue weighted by atomic mass is 35.5. The maximum absolute atomic E-state index is 13.5. The van der Waals surface area contributed by atoms with Gasteiger partial charge in [-0.25, -0.2) is 4.79 Å². The number of fused-ring (bicyclic) bond motifs is 1. The Morgan fingerprint density at radius 2 is 1.64 bits per heavy atom. The first-order valence-corrected chi connectivity index (χ1v) is 12.4. The van der Waals surface area contributed by atoms with Crippen molar-refractivity contribution in [2.45, 2.75) is 46.0 Å². The first kappa shape index (κ1) is 25.5. The molecule has 186 valence electrons. The number of amides is 1. The number of para-hydroxylation sites is 2. The van der Waals surface area contributed by atoms with E-state index in [1.54, 1.807) is 25.3 Å². The molecule has 0 atom stereocenters. The Morgan fingerprint density at radius 3 is 2.28 bits per heavy atom. The molecule has 0 saturated carbocycles. The topological polar surface area (TPSA) is 68.5 Å². The minimum absolute atomic E-state index is 0.165. The van der Waals surface area contributed by atoms with Gasteiger partial charge in [-0.2, -0.15) is 0 Å². The third-order valence-corrected chi connectivity index (χ3v) is 6.55. The van der Waals surface area contributed by atoms with Crippen molar-refractivity contribution in [3.63, 3.8) is 0 Å². The number of carbonyl (C=O) groups excluding carboxylic acids is 1. The second-order valence-corrected chi connectivity index (χ2v) is 9.87. The average molecular weight is 504 g/mol. The Hall–Kier alpha value is -3.57. The van der Waals surface area contributed by atoms with Crippen molar-refractivity contribution in [2.75, 3.05) is 12.4 Å². The minimum Gasteiger partial charge on any atom is -0.496 e. The molecule has 1 heterocycles. The summed E-state index contributed by atoms with van der Waals surface area (Å²) in [7, 11) is 1.57. The summed E-state index contributed by atoms with van der Waals surface area (Å²) in [5.41, 5.74) is 4.25. The Kier molecular flexibility index (Phi) is 7.51. The molecule has 0 radical (unpaired) electrons. The number of hydrogen-bond donors (Lipinski definition) is 1. The van der Waals surface area contributed by atoms with Gasteiger partial charge in [0.25, 0.3) is 0 Å². The number of rotatable bonds is 7. The van der Waals surface area contributed by atoms with Crippen molar-refractivity contribution in [1.29, 1.82) is 0 Å². The zero-order valence-electron chi connectivity index (χ0n) is 21.1. The van der Waals surface area contributed by atoms with Gasteiger partial charge in [-0.1, -0.05) is 75.7 Å². The van der Waals surface area contributed by atoms with E-state index in [4.69, 9.17) is 20.8 Å². The molecule has 0 aliphatic heterocycles. The zero-order valence-corrected chi connectivity index (χ0v) is 21.9. The Bertz CT molecular complexity index is 1460. The lowest BCUT2D eigenvalue weighted by atomic mass is 9.92. The van der Waals surface area contributed by atoms with E-state index >= 15 is 0 Å². The van der Waals surface area contributed by atoms with E-state index in [1.165, 1.54) is 0 Å². The molecule has 6 heteroatoms. The highest BCUT2D eigenvalue weighted by Crippen LogP contribution is 2.38. The van der Waals surface area contributed by atoms with Gasteiger partial charge in [0.1, 0.15) is 11.3 Å². The molecule has 0 aliphatic carbocycles. The van der Waals surface area contributed by atoms with Gasteiger partial charge < -0.3 is 14.5 Å². The quantitative estimate of drug-likeness (QED) is 0.264. The van der Waals surface area contributed by atoms with Crippen LogP contribution < -0.4 is 15.7 Å². The van der Waals surface area contributed by atoms with Gasteiger partial charge in [-0.15, -0.1) is 0 Å². The molecule has 0 spiro atoms. The first-order valence-electron chi connectivity index (χ1n) is 12.0. The van der Waals surface area contributed by atoms with Crippen LogP contribution in [0.5, 0.6) is 5.75 Å². The van der Waals surface area contributed by atoms with Crippen molar-refractivity contribution >= 4 is 34.2 Å². The number of carbonyl (C=O) groups is 1. The first-order chi connectivity index (χ1) is 17.2. The van der Waals surface area contributed by atoms with Crippen molar-refractivity contribution < 1.29 is 13.9 Å². The molecule has 0 unspecified atom stereocenters. The fourth-order valence-electron chi connectivity index (χ4n) is 4.57. The van der Waals surface area contributed by atoms with E-state index in [0.29, 0.717) is 32.9 Å². The normalized spacial score (nSPS) is 11.3. The van der Waals surface area contributed by atoms with Gasteiger partial charge in [0.15, 0.2) is 0 Å². The number of hydrogen-bond acceptors (Lipinski definition) is 4. The summed E-state index contributed by atoms with van der Waals surface area (Å²) in [6.45, 7) is 8.38. The molecule has 1 amide bonds. The van der Waals surface area contributed by atoms with Crippen molar-refractivity contribution in [3.05, 3.63) is 92.8 Å². The van der Waals surface area contributed by atoms with Gasteiger partial charge in [0.05, 0.1) is 19.1 Å². The van der Waals surface area contributed by atoms with Crippen LogP contribution in [-0.2, 0) is 11.2 Å². The second-order valence-electron chi connectivity index (χ2n) is 9.43. The largest absolute Gasteiger partial charge is 0.496 e. The number of nitrogens with one attached hydrogen (secondary N) is 1. The van der Waals surface area contributed by atoms with Gasteiger partial charge >= 0.3 is 5.63 Å². The summed E-state index contributed by atoms with van der Waals surface area (Å²) in [4.78, 5) is 26.7. The van der Waals surface area contributed by atoms with Crippen LogP contribution >= 0.6 is 11.6 Å². The predicted octanol–water partition coefficient (Wildman–Crippen LogP) is 7.55. The highest BCUT2D eigenvalue weighted by molar-refractivity contribution is 6.31. The third-order valence-electron chi connectivity index (χ3n) is 6.31. The van der Waals surface area contributed by atoms with Gasteiger partial charge in [-0.05, 0) is 47.2 Å². The lowest BCUT2D eigenvalue weighted by Gasteiger charge is -2.20. The second kappa shape index (κ2) is 10.6. The summed E-state index contributed by atoms with van der Waals surface area (Å²) < 4.78 is 11.2. The fourth-order valence-corrected chi connectivity index (χ4v) is 4.74. The summed E-state index contributed by atoms with van der Waals surface area (Å²) in [6.07, 6.45) is -0.165. The SMILES string of the molecule is COc1ccccc1-c1c(CC(=O)Nc2c(C(C)C)cccc2C(C)C)c(=O)oc2ccc(Cl)cc12. The lowest BCUT2D eigenvalue weighted by molar-refractivity contribution is -0.115. The van der Waals surface area contributed by atoms with Crippen LogP contribution in [0.15, 0.2) is 69.9 Å². The summed E-state index contributed by atoms with van der Waals surface area (Å²) in [5, 5.41) is 4.24. The van der Waals surface area contributed by atoms with Crippen molar-refractivity contribution in [1.82, 2.24) is 0 Å². The maximum atomic E-state index is 13.5. The Labute approximate surface area is 216 Å². The molecule has 5 nitrogen and oxygen atoms in total. The third kappa shape index (κ3) is 5.02. The lowest BCUT2D eigenvalue weighted by Crippen LogP contribution is -2.22. The number of halogens is 1. The Balaban J connectivity index is 1.86. The summed E-state index contributed by atoms with van der Waals surface area (Å²) in [5.74, 6) is 0.722. The molecule has 3 aromatic carbocycles. The molecular formula is C30H30ClNO4.